The van der Waals surface area contributed by atoms with Crippen LogP contribution in [0, 0.1) is 0 Å². The molecule has 1 aromatic rings. The fourth-order valence-corrected chi connectivity index (χ4v) is 1.77. The van der Waals surface area contributed by atoms with E-state index < -0.39 is 0 Å². The van der Waals surface area contributed by atoms with Crippen LogP contribution in [0.1, 0.15) is 43.0 Å². The SMILES string of the molecule is CCCCCC(=O)Nc1ccccc1C(=O)N(C)C. The Bertz CT molecular complexity index is 442. The molecule has 0 unspecified atom stereocenters. The van der Waals surface area contributed by atoms with Crippen molar-refractivity contribution in [3.05, 3.63) is 29.8 Å². The van der Waals surface area contributed by atoms with Crippen LogP contribution in [0.4, 0.5) is 5.69 Å². The van der Waals surface area contributed by atoms with Gasteiger partial charge in [0.1, 0.15) is 0 Å². The molecule has 0 aliphatic heterocycles. The number of hydrogen-bond donors (Lipinski definition) is 1. The molecule has 0 radical (unpaired) electrons. The average Bonchev–Trinajstić information content (AvgIpc) is 2.38. The van der Waals surface area contributed by atoms with E-state index in [4.69, 9.17) is 0 Å². The van der Waals surface area contributed by atoms with Crippen LogP contribution in [-0.2, 0) is 4.79 Å². The Hall–Kier alpha value is -1.84. The predicted octanol–water partition coefficient (Wildman–Crippen LogP) is 2.91. The van der Waals surface area contributed by atoms with Crippen molar-refractivity contribution in [1.82, 2.24) is 4.90 Å². The van der Waals surface area contributed by atoms with Gasteiger partial charge in [-0.2, -0.15) is 0 Å². The van der Waals surface area contributed by atoms with E-state index in [1.54, 1.807) is 32.3 Å². The van der Waals surface area contributed by atoms with Gasteiger partial charge in [0.25, 0.3) is 5.91 Å². The molecular formula is C15H22N2O2. The van der Waals surface area contributed by atoms with E-state index in [1.807, 2.05) is 6.07 Å². The minimum absolute atomic E-state index is 0.0348. The molecule has 0 aliphatic carbocycles. The lowest BCUT2D eigenvalue weighted by Gasteiger charge is -2.14. The first kappa shape index (κ1) is 15.2. The van der Waals surface area contributed by atoms with Gasteiger partial charge >= 0.3 is 0 Å². The van der Waals surface area contributed by atoms with Crippen LogP contribution in [0.15, 0.2) is 24.3 Å². The van der Waals surface area contributed by atoms with Crippen molar-refractivity contribution in [2.24, 2.45) is 0 Å². The number of nitrogens with one attached hydrogen (secondary N) is 1. The zero-order chi connectivity index (χ0) is 14.3. The molecule has 1 N–H and O–H groups in total. The number of carbonyl (C=O) groups is 2. The Labute approximate surface area is 114 Å². The molecule has 0 aliphatic rings. The maximum Gasteiger partial charge on any atom is 0.255 e. The highest BCUT2D eigenvalue weighted by atomic mass is 16.2. The summed E-state index contributed by atoms with van der Waals surface area (Å²) in [7, 11) is 3.39. The lowest BCUT2D eigenvalue weighted by molar-refractivity contribution is -0.116. The number of para-hydroxylation sites is 1. The minimum Gasteiger partial charge on any atom is -0.345 e. The summed E-state index contributed by atoms with van der Waals surface area (Å²) in [6, 6.07) is 7.09. The molecule has 0 fully saturated rings. The van der Waals surface area contributed by atoms with Gasteiger partial charge < -0.3 is 10.2 Å². The maximum absolute atomic E-state index is 12.0. The van der Waals surface area contributed by atoms with Crippen molar-refractivity contribution in [1.29, 1.82) is 0 Å². The number of anilines is 1. The summed E-state index contributed by atoms with van der Waals surface area (Å²) in [6.07, 6.45) is 3.51. The Morgan fingerprint density at radius 1 is 1.16 bits per heavy atom. The fourth-order valence-electron chi connectivity index (χ4n) is 1.77. The number of carbonyl (C=O) groups excluding carboxylic acids is 2. The number of nitrogens with zero attached hydrogens (tertiary/aromatic N) is 1. The van der Waals surface area contributed by atoms with Gasteiger partial charge in [0.2, 0.25) is 5.91 Å². The van der Waals surface area contributed by atoms with Gasteiger partial charge in [0.05, 0.1) is 11.3 Å². The quantitative estimate of drug-likeness (QED) is 0.801. The van der Waals surface area contributed by atoms with Gasteiger partial charge in [-0.05, 0) is 18.6 Å². The number of hydrogen-bond acceptors (Lipinski definition) is 2. The van der Waals surface area contributed by atoms with Crippen molar-refractivity contribution in [3.63, 3.8) is 0 Å². The van der Waals surface area contributed by atoms with E-state index in [0.29, 0.717) is 17.7 Å². The van der Waals surface area contributed by atoms with E-state index in [-0.39, 0.29) is 11.8 Å². The van der Waals surface area contributed by atoms with Gasteiger partial charge in [0.15, 0.2) is 0 Å². The van der Waals surface area contributed by atoms with Crippen LogP contribution >= 0.6 is 0 Å². The molecule has 1 aromatic carbocycles. The molecule has 2 amide bonds. The van der Waals surface area contributed by atoms with Crippen LogP contribution in [0.25, 0.3) is 0 Å². The van der Waals surface area contributed by atoms with Crippen LogP contribution in [0.2, 0.25) is 0 Å². The fraction of sp³-hybridized carbons (Fsp3) is 0.467. The molecule has 104 valence electrons. The molecule has 0 saturated heterocycles. The number of benzene rings is 1. The van der Waals surface area contributed by atoms with Gasteiger partial charge in [-0.1, -0.05) is 31.9 Å². The Morgan fingerprint density at radius 3 is 2.47 bits per heavy atom. The standard InChI is InChI=1S/C15H22N2O2/c1-4-5-6-11-14(18)16-13-10-8-7-9-12(13)15(19)17(2)3/h7-10H,4-6,11H2,1-3H3,(H,16,18). The third kappa shape index (κ3) is 4.73. The zero-order valence-corrected chi connectivity index (χ0v) is 11.9. The second-order valence-electron chi connectivity index (χ2n) is 4.75. The Balaban J connectivity index is 2.73. The van der Waals surface area contributed by atoms with Crippen LogP contribution in [-0.4, -0.2) is 30.8 Å². The third-order valence-corrected chi connectivity index (χ3v) is 2.85. The zero-order valence-electron chi connectivity index (χ0n) is 11.9. The average molecular weight is 262 g/mol. The summed E-state index contributed by atoms with van der Waals surface area (Å²) >= 11 is 0. The highest BCUT2D eigenvalue weighted by Crippen LogP contribution is 2.17. The third-order valence-electron chi connectivity index (χ3n) is 2.85. The molecule has 0 heterocycles. The van der Waals surface area contributed by atoms with Crippen molar-refractivity contribution >= 4 is 17.5 Å². The van der Waals surface area contributed by atoms with E-state index in [2.05, 4.69) is 12.2 Å². The first-order chi connectivity index (χ1) is 9.06. The normalized spacial score (nSPS) is 10.1. The Morgan fingerprint density at radius 2 is 1.84 bits per heavy atom. The molecule has 19 heavy (non-hydrogen) atoms. The van der Waals surface area contributed by atoms with Gasteiger partial charge in [-0.3, -0.25) is 9.59 Å². The first-order valence-corrected chi connectivity index (χ1v) is 6.66. The maximum atomic E-state index is 12.0. The molecule has 0 spiro atoms. The summed E-state index contributed by atoms with van der Waals surface area (Å²) in [5.41, 5.74) is 1.11. The molecule has 0 saturated carbocycles. The van der Waals surface area contributed by atoms with Crippen molar-refractivity contribution in [2.75, 3.05) is 19.4 Å². The second kappa shape index (κ2) is 7.56. The summed E-state index contributed by atoms with van der Waals surface area (Å²) in [5, 5.41) is 2.82. The summed E-state index contributed by atoms with van der Waals surface area (Å²) < 4.78 is 0. The molecule has 0 atom stereocenters. The lowest BCUT2D eigenvalue weighted by Crippen LogP contribution is -2.24. The molecule has 0 bridgehead atoms. The highest BCUT2D eigenvalue weighted by Gasteiger charge is 2.14. The van der Waals surface area contributed by atoms with Crippen LogP contribution < -0.4 is 5.32 Å². The molecular weight excluding hydrogens is 240 g/mol. The predicted molar refractivity (Wildman–Crippen MR) is 77.2 cm³/mol. The monoisotopic (exact) mass is 262 g/mol. The smallest absolute Gasteiger partial charge is 0.255 e. The number of rotatable bonds is 6. The van der Waals surface area contributed by atoms with Crippen LogP contribution in [0.5, 0.6) is 0 Å². The van der Waals surface area contributed by atoms with E-state index in [0.717, 1.165) is 19.3 Å². The van der Waals surface area contributed by atoms with E-state index >= 15 is 0 Å². The van der Waals surface area contributed by atoms with Crippen molar-refractivity contribution < 1.29 is 9.59 Å². The molecule has 4 nitrogen and oxygen atoms in total. The highest BCUT2D eigenvalue weighted by molar-refractivity contribution is 6.03. The largest absolute Gasteiger partial charge is 0.345 e. The number of unbranched alkanes of at least 4 members (excludes halogenated alkanes) is 2. The Kier molecular flexibility index (Phi) is 6.06. The van der Waals surface area contributed by atoms with E-state index in [9.17, 15) is 9.59 Å². The molecule has 4 heteroatoms. The number of amides is 2. The topological polar surface area (TPSA) is 49.4 Å². The van der Waals surface area contributed by atoms with Crippen molar-refractivity contribution in [3.8, 4) is 0 Å². The summed E-state index contributed by atoms with van der Waals surface area (Å²) in [6.45, 7) is 2.10. The minimum atomic E-state index is -0.107. The first-order valence-electron chi connectivity index (χ1n) is 6.66. The van der Waals surface area contributed by atoms with Gasteiger partial charge in [-0.15, -0.1) is 0 Å². The van der Waals surface area contributed by atoms with Crippen molar-refractivity contribution in [2.45, 2.75) is 32.6 Å². The summed E-state index contributed by atoms with van der Waals surface area (Å²) in [5.74, 6) is -0.142. The molecule has 1 rings (SSSR count). The van der Waals surface area contributed by atoms with Gasteiger partial charge in [0, 0.05) is 20.5 Å². The second-order valence-corrected chi connectivity index (χ2v) is 4.75. The van der Waals surface area contributed by atoms with E-state index in [1.165, 1.54) is 4.90 Å². The lowest BCUT2D eigenvalue weighted by atomic mass is 10.1. The van der Waals surface area contributed by atoms with Crippen LogP contribution in [0.3, 0.4) is 0 Å². The summed E-state index contributed by atoms with van der Waals surface area (Å²) in [4.78, 5) is 25.3. The molecule has 0 aromatic heterocycles. The van der Waals surface area contributed by atoms with Gasteiger partial charge in [-0.25, -0.2) is 0 Å².